The molecule has 0 aliphatic rings. The van der Waals surface area contributed by atoms with Gasteiger partial charge >= 0.3 is 0 Å². The summed E-state index contributed by atoms with van der Waals surface area (Å²) < 4.78 is 0. The van der Waals surface area contributed by atoms with Crippen molar-refractivity contribution in [2.24, 2.45) is 0 Å². The number of carbonyl (C=O) groups is 2. The van der Waals surface area contributed by atoms with Crippen LogP contribution in [0.3, 0.4) is 0 Å². The Morgan fingerprint density at radius 3 is 1.39 bits per heavy atom. The number of hydrogen-bond donors (Lipinski definition) is 0. The highest BCUT2D eigenvalue weighted by molar-refractivity contribution is 6.06. The SMILES string of the molecule is CCCN(C(=O)c1ccc(C#Cc2ccc(N(CCC)C(=O)c3ccccc3)cc2)cc1)c1ccccc1. The zero-order valence-electron chi connectivity index (χ0n) is 21.9. The van der Waals surface area contributed by atoms with Gasteiger partial charge in [0.25, 0.3) is 11.8 Å². The number of hydrogen-bond acceptors (Lipinski definition) is 2. The lowest BCUT2D eigenvalue weighted by Crippen LogP contribution is -2.31. The molecule has 0 radical (unpaired) electrons. The summed E-state index contributed by atoms with van der Waals surface area (Å²) in [5.74, 6) is 6.34. The lowest BCUT2D eigenvalue weighted by molar-refractivity contribution is 0.0979. The maximum Gasteiger partial charge on any atom is 0.258 e. The van der Waals surface area contributed by atoms with E-state index in [2.05, 4.69) is 25.7 Å². The molecule has 38 heavy (non-hydrogen) atoms. The van der Waals surface area contributed by atoms with Crippen molar-refractivity contribution >= 4 is 23.2 Å². The van der Waals surface area contributed by atoms with Crippen LogP contribution in [0.15, 0.2) is 109 Å². The van der Waals surface area contributed by atoms with E-state index in [1.165, 1.54) is 0 Å². The molecule has 0 aromatic heterocycles. The summed E-state index contributed by atoms with van der Waals surface area (Å²) >= 11 is 0. The number of anilines is 2. The van der Waals surface area contributed by atoms with E-state index in [9.17, 15) is 9.59 Å². The molecule has 0 bridgehead atoms. The van der Waals surface area contributed by atoms with E-state index in [4.69, 9.17) is 0 Å². The van der Waals surface area contributed by atoms with Crippen LogP contribution in [0, 0.1) is 11.8 Å². The Morgan fingerprint density at radius 2 is 0.921 bits per heavy atom. The zero-order valence-corrected chi connectivity index (χ0v) is 21.9. The first kappa shape index (κ1) is 26.4. The largest absolute Gasteiger partial charge is 0.308 e. The molecule has 4 aromatic carbocycles. The molecule has 0 aliphatic heterocycles. The van der Waals surface area contributed by atoms with E-state index >= 15 is 0 Å². The molecule has 4 heteroatoms. The standard InChI is InChI=1S/C34H32N2O2/c1-3-25-35(31-13-9-6-10-14-31)34(38)30-21-17-27(18-22-30)15-16-28-19-23-32(24-20-28)36(26-4-2)33(37)29-11-7-5-8-12-29/h5-14,17-24H,3-4,25-26H2,1-2H3. The first-order valence-corrected chi connectivity index (χ1v) is 13.1. The molecule has 0 saturated heterocycles. The molecular weight excluding hydrogens is 468 g/mol. The molecule has 0 unspecified atom stereocenters. The molecule has 4 aromatic rings. The highest BCUT2D eigenvalue weighted by Crippen LogP contribution is 2.20. The summed E-state index contributed by atoms with van der Waals surface area (Å²) in [5.41, 5.74) is 4.75. The van der Waals surface area contributed by atoms with Gasteiger partial charge in [-0.2, -0.15) is 0 Å². The topological polar surface area (TPSA) is 40.6 Å². The second-order valence-corrected chi connectivity index (χ2v) is 8.99. The van der Waals surface area contributed by atoms with Crippen LogP contribution in [-0.4, -0.2) is 24.9 Å². The first-order valence-electron chi connectivity index (χ1n) is 13.1. The Morgan fingerprint density at radius 1 is 0.526 bits per heavy atom. The van der Waals surface area contributed by atoms with Crippen molar-refractivity contribution in [3.8, 4) is 11.8 Å². The number of benzene rings is 4. The third kappa shape index (κ3) is 6.57. The van der Waals surface area contributed by atoms with Crippen molar-refractivity contribution in [1.29, 1.82) is 0 Å². The normalized spacial score (nSPS) is 10.3. The quantitative estimate of drug-likeness (QED) is 0.240. The summed E-state index contributed by atoms with van der Waals surface area (Å²) in [5, 5.41) is 0. The van der Waals surface area contributed by atoms with Gasteiger partial charge in [-0.15, -0.1) is 0 Å². The van der Waals surface area contributed by atoms with E-state index in [1.807, 2.05) is 114 Å². The molecule has 0 spiro atoms. The monoisotopic (exact) mass is 500 g/mol. The van der Waals surface area contributed by atoms with Crippen molar-refractivity contribution in [2.75, 3.05) is 22.9 Å². The second kappa shape index (κ2) is 13.1. The van der Waals surface area contributed by atoms with Gasteiger partial charge in [-0.1, -0.05) is 62.1 Å². The Bertz CT molecular complexity index is 1400. The predicted octanol–water partition coefficient (Wildman–Crippen LogP) is 7.20. The van der Waals surface area contributed by atoms with Crippen molar-refractivity contribution in [2.45, 2.75) is 26.7 Å². The fourth-order valence-corrected chi connectivity index (χ4v) is 4.21. The average molecular weight is 501 g/mol. The summed E-state index contributed by atoms with van der Waals surface area (Å²) in [6.45, 7) is 5.43. The van der Waals surface area contributed by atoms with Gasteiger partial charge in [-0.25, -0.2) is 0 Å². The van der Waals surface area contributed by atoms with E-state index in [0.29, 0.717) is 24.2 Å². The van der Waals surface area contributed by atoms with Crippen LogP contribution >= 0.6 is 0 Å². The fourth-order valence-electron chi connectivity index (χ4n) is 4.21. The minimum atomic E-state index is -0.0187. The van der Waals surface area contributed by atoms with Crippen LogP contribution in [0.5, 0.6) is 0 Å². The van der Waals surface area contributed by atoms with Crippen molar-refractivity contribution < 1.29 is 9.59 Å². The van der Waals surface area contributed by atoms with Gasteiger partial charge in [0.15, 0.2) is 0 Å². The minimum Gasteiger partial charge on any atom is -0.308 e. The van der Waals surface area contributed by atoms with Gasteiger partial charge in [0.05, 0.1) is 0 Å². The molecule has 0 heterocycles. The van der Waals surface area contributed by atoms with Gasteiger partial charge in [-0.3, -0.25) is 9.59 Å². The molecule has 0 fully saturated rings. The van der Waals surface area contributed by atoms with Gasteiger partial charge in [-0.05, 0) is 85.6 Å². The minimum absolute atomic E-state index is 0.00862. The number of nitrogens with zero attached hydrogens (tertiary/aromatic N) is 2. The Hall–Kier alpha value is -4.62. The van der Waals surface area contributed by atoms with E-state index in [1.54, 1.807) is 4.90 Å². The first-order chi connectivity index (χ1) is 18.6. The maximum atomic E-state index is 13.2. The van der Waals surface area contributed by atoms with E-state index < -0.39 is 0 Å². The van der Waals surface area contributed by atoms with Crippen LogP contribution in [0.1, 0.15) is 58.5 Å². The molecule has 190 valence electrons. The van der Waals surface area contributed by atoms with Crippen molar-refractivity contribution in [3.63, 3.8) is 0 Å². The van der Waals surface area contributed by atoms with E-state index in [0.717, 1.165) is 35.3 Å². The molecule has 2 amide bonds. The van der Waals surface area contributed by atoms with E-state index in [-0.39, 0.29) is 11.8 Å². The second-order valence-electron chi connectivity index (χ2n) is 8.99. The van der Waals surface area contributed by atoms with Gasteiger partial charge < -0.3 is 9.80 Å². The lowest BCUT2D eigenvalue weighted by atomic mass is 10.1. The summed E-state index contributed by atoms with van der Waals surface area (Å²) in [6.07, 6.45) is 1.74. The van der Waals surface area contributed by atoms with Crippen LogP contribution in [0.25, 0.3) is 0 Å². The van der Waals surface area contributed by atoms with Crippen LogP contribution in [0.4, 0.5) is 11.4 Å². The maximum absolute atomic E-state index is 13.2. The van der Waals surface area contributed by atoms with Crippen LogP contribution in [0.2, 0.25) is 0 Å². The van der Waals surface area contributed by atoms with Crippen LogP contribution in [-0.2, 0) is 0 Å². The molecule has 0 saturated carbocycles. The van der Waals surface area contributed by atoms with Gasteiger partial charge in [0.1, 0.15) is 0 Å². The Labute approximate surface area is 225 Å². The highest BCUT2D eigenvalue weighted by Gasteiger charge is 2.17. The predicted molar refractivity (Wildman–Crippen MR) is 156 cm³/mol. The molecule has 4 rings (SSSR count). The van der Waals surface area contributed by atoms with Gasteiger partial charge in [0, 0.05) is 46.7 Å². The van der Waals surface area contributed by atoms with Crippen molar-refractivity contribution in [3.05, 3.63) is 131 Å². The average Bonchev–Trinajstić information content (AvgIpc) is 2.98. The number of rotatable bonds is 8. The number of para-hydroxylation sites is 1. The Kier molecular flexibility index (Phi) is 9.10. The summed E-state index contributed by atoms with van der Waals surface area (Å²) in [7, 11) is 0. The van der Waals surface area contributed by atoms with Crippen molar-refractivity contribution in [1.82, 2.24) is 0 Å². The van der Waals surface area contributed by atoms with Crippen LogP contribution < -0.4 is 9.80 Å². The smallest absolute Gasteiger partial charge is 0.258 e. The lowest BCUT2D eigenvalue weighted by Gasteiger charge is -2.22. The molecule has 0 aliphatic carbocycles. The zero-order chi connectivity index (χ0) is 26.7. The number of amides is 2. The molecular formula is C34H32N2O2. The molecule has 0 atom stereocenters. The molecule has 0 N–H and O–H groups in total. The van der Waals surface area contributed by atoms with Gasteiger partial charge in [0.2, 0.25) is 0 Å². The summed E-state index contributed by atoms with van der Waals surface area (Å²) in [6, 6.07) is 34.3. The summed E-state index contributed by atoms with van der Waals surface area (Å²) in [4.78, 5) is 29.8. The molecule has 4 nitrogen and oxygen atoms in total. The highest BCUT2D eigenvalue weighted by atomic mass is 16.2. The Balaban J connectivity index is 1.46. The third-order valence-electron chi connectivity index (χ3n) is 6.14. The third-order valence-corrected chi connectivity index (χ3v) is 6.14. The number of carbonyl (C=O) groups excluding carboxylic acids is 2. The fraction of sp³-hybridized carbons (Fsp3) is 0.176.